The van der Waals surface area contributed by atoms with Gasteiger partial charge in [-0.15, -0.1) is 0 Å². The first-order valence-electron chi connectivity index (χ1n) is 6.50. The quantitative estimate of drug-likeness (QED) is 0.843. The van der Waals surface area contributed by atoms with Crippen LogP contribution in [0.15, 0.2) is 48.5 Å². The van der Waals surface area contributed by atoms with Crippen molar-refractivity contribution in [2.24, 2.45) is 5.73 Å². The van der Waals surface area contributed by atoms with E-state index in [9.17, 15) is 9.59 Å². The highest BCUT2D eigenvalue weighted by atomic mass is 16.6. The maximum atomic E-state index is 12.0. The Morgan fingerprint density at radius 2 is 1.81 bits per heavy atom. The molecule has 2 aromatic carbocycles. The molecule has 5 heteroatoms. The van der Waals surface area contributed by atoms with E-state index in [1.807, 2.05) is 19.1 Å². The number of ether oxygens (including phenoxy) is 1. The van der Waals surface area contributed by atoms with E-state index in [1.54, 1.807) is 36.4 Å². The molecule has 0 aromatic heterocycles. The highest BCUT2D eigenvalue weighted by Gasteiger charge is 2.50. The topological polar surface area (TPSA) is 81.4 Å². The van der Waals surface area contributed by atoms with Gasteiger partial charge in [0.1, 0.15) is 0 Å². The van der Waals surface area contributed by atoms with Gasteiger partial charge in [0.05, 0.1) is 5.56 Å². The van der Waals surface area contributed by atoms with E-state index in [0.29, 0.717) is 16.8 Å². The summed E-state index contributed by atoms with van der Waals surface area (Å²) in [4.78, 5) is 23.9. The van der Waals surface area contributed by atoms with Crippen LogP contribution in [0.1, 0.15) is 21.5 Å². The molecule has 1 amide bonds. The molecule has 1 aliphatic rings. The number of hydrogen-bond donors (Lipinski definition) is 2. The molecule has 0 fully saturated rings. The molecule has 1 heterocycles. The van der Waals surface area contributed by atoms with E-state index in [0.717, 1.165) is 5.56 Å². The van der Waals surface area contributed by atoms with Crippen molar-refractivity contribution in [2.45, 2.75) is 12.6 Å². The first-order chi connectivity index (χ1) is 10.0. The van der Waals surface area contributed by atoms with Gasteiger partial charge in [0.15, 0.2) is 0 Å². The Labute approximate surface area is 121 Å². The van der Waals surface area contributed by atoms with Crippen LogP contribution in [0, 0.1) is 6.92 Å². The summed E-state index contributed by atoms with van der Waals surface area (Å²) in [6, 6.07) is 14.1. The third-order valence-electron chi connectivity index (χ3n) is 3.49. The monoisotopic (exact) mass is 282 g/mol. The molecule has 2 aromatic rings. The van der Waals surface area contributed by atoms with Crippen LogP contribution in [0.5, 0.6) is 0 Å². The summed E-state index contributed by atoms with van der Waals surface area (Å²) >= 11 is 0. The summed E-state index contributed by atoms with van der Waals surface area (Å²) in [5.74, 6) is -1.33. The zero-order valence-corrected chi connectivity index (χ0v) is 11.4. The second-order valence-electron chi connectivity index (χ2n) is 4.97. The SMILES string of the molecule is Cc1ccc(N[C@]2(C(N)=O)OC(=O)c3ccccc32)cc1. The fraction of sp³-hybridized carbons (Fsp3) is 0.125. The molecule has 1 atom stereocenters. The average Bonchev–Trinajstić information content (AvgIpc) is 2.76. The van der Waals surface area contributed by atoms with E-state index in [-0.39, 0.29) is 0 Å². The predicted molar refractivity (Wildman–Crippen MR) is 77.5 cm³/mol. The van der Waals surface area contributed by atoms with E-state index < -0.39 is 17.6 Å². The van der Waals surface area contributed by atoms with Gasteiger partial charge in [0.2, 0.25) is 0 Å². The molecule has 106 valence electrons. The van der Waals surface area contributed by atoms with Crippen LogP contribution in [0.4, 0.5) is 5.69 Å². The summed E-state index contributed by atoms with van der Waals surface area (Å²) in [7, 11) is 0. The Balaban J connectivity index is 2.08. The molecule has 0 saturated carbocycles. The van der Waals surface area contributed by atoms with E-state index in [4.69, 9.17) is 10.5 Å². The van der Waals surface area contributed by atoms with Crippen LogP contribution in [0.3, 0.4) is 0 Å². The zero-order valence-electron chi connectivity index (χ0n) is 11.4. The molecule has 0 spiro atoms. The summed E-state index contributed by atoms with van der Waals surface area (Å²) in [5, 5.41) is 2.95. The zero-order chi connectivity index (χ0) is 15.0. The highest BCUT2D eigenvalue weighted by molar-refractivity contribution is 6.02. The molecule has 0 bridgehead atoms. The Morgan fingerprint density at radius 1 is 1.14 bits per heavy atom. The van der Waals surface area contributed by atoms with Crippen LogP contribution < -0.4 is 11.1 Å². The number of anilines is 1. The van der Waals surface area contributed by atoms with Gasteiger partial charge in [-0.05, 0) is 25.1 Å². The molecule has 0 unspecified atom stereocenters. The van der Waals surface area contributed by atoms with Crippen LogP contribution in [0.25, 0.3) is 0 Å². The van der Waals surface area contributed by atoms with Crippen molar-refractivity contribution < 1.29 is 14.3 Å². The second-order valence-corrected chi connectivity index (χ2v) is 4.97. The van der Waals surface area contributed by atoms with Gasteiger partial charge in [-0.3, -0.25) is 4.79 Å². The van der Waals surface area contributed by atoms with Crippen LogP contribution in [-0.4, -0.2) is 11.9 Å². The number of benzene rings is 2. The number of cyclic esters (lactones) is 1. The fourth-order valence-corrected chi connectivity index (χ4v) is 2.39. The summed E-state index contributed by atoms with van der Waals surface area (Å²) in [6.07, 6.45) is 0. The van der Waals surface area contributed by atoms with Gasteiger partial charge in [0.25, 0.3) is 11.6 Å². The lowest BCUT2D eigenvalue weighted by Gasteiger charge is -2.27. The molecule has 21 heavy (non-hydrogen) atoms. The number of hydrogen-bond acceptors (Lipinski definition) is 4. The normalized spacial score (nSPS) is 19.8. The van der Waals surface area contributed by atoms with Gasteiger partial charge in [0, 0.05) is 11.3 Å². The standard InChI is InChI=1S/C16H14N2O3/c1-10-6-8-11(9-7-10)18-16(15(17)20)13-5-3-2-4-12(13)14(19)21-16/h2-9,18H,1H3,(H2,17,20)/t16-/m0/s1. The number of primary amides is 1. The molecule has 5 nitrogen and oxygen atoms in total. The number of nitrogens with two attached hydrogens (primary N) is 1. The first-order valence-corrected chi connectivity index (χ1v) is 6.50. The maximum absolute atomic E-state index is 12.0. The smallest absolute Gasteiger partial charge is 0.341 e. The summed E-state index contributed by atoms with van der Waals surface area (Å²) in [5.41, 5.74) is 6.35. The van der Waals surface area contributed by atoms with E-state index >= 15 is 0 Å². The minimum absolute atomic E-state index is 0.343. The van der Waals surface area contributed by atoms with Gasteiger partial charge in [-0.1, -0.05) is 35.9 Å². The van der Waals surface area contributed by atoms with Crippen LogP contribution in [0.2, 0.25) is 0 Å². The Morgan fingerprint density at radius 3 is 2.48 bits per heavy atom. The molecular weight excluding hydrogens is 268 g/mol. The number of carbonyl (C=O) groups is 2. The maximum Gasteiger partial charge on any atom is 0.341 e. The Bertz CT molecular complexity index is 725. The van der Waals surface area contributed by atoms with Crippen molar-refractivity contribution in [3.8, 4) is 0 Å². The summed E-state index contributed by atoms with van der Waals surface area (Å²) < 4.78 is 5.29. The molecule has 3 rings (SSSR count). The lowest BCUT2D eigenvalue weighted by Crippen LogP contribution is -2.48. The van der Waals surface area contributed by atoms with Crippen molar-refractivity contribution in [3.63, 3.8) is 0 Å². The van der Waals surface area contributed by atoms with Crippen LogP contribution in [-0.2, 0) is 15.3 Å². The third-order valence-corrected chi connectivity index (χ3v) is 3.49. The van der Waals surface area contributed by atoms with Crippen molar-refractivity contribution in [1.29, 1.82) is 0 Å². The van der Waals surface area contributed by atoms with Crippen LogP contribution >= 0.6 is 0 Å². The number of aryl methyl sites for hydroxylation is 1. The fourth-order valence-electron chi connectivity index (χ4n) is 2.39. The predicted octanol–water partition coefficient (Wildman–Crippen LogP) is 1.92. The lowest BCUT2D eigenvalue weighted by atomic mass is 9.98. The van der Waals surface area contributed by atoms with Crippen molar-refractivity contribution in [2.75, 3.05) is 5.32 Å². The Hall–Kier alpha value is -2.82. The number of fused-ring (bicyclic) bond motifs is 1. The molecular formula is C16H14N2O3. The Kier molecular flexibility index (Phi) is 2.90. The van der Waals surface area contributed by atoms with Crippen molar-refractivity contribution in [3.05, 3.63) is 65.2 Å². The second kappa shape index (κ2) is 4.63. The van der Waals surface area contributed by atoms with E-state index in [2.05, 4.69) is 5.32 Å². The van der Waals surface area contributed by atoms with Gasteiger partial charge in [-0.25, -0.2) is 4.79 Å². The highest BCUT2D eigenvalue weighted by Crippen LogP contribution is 2.37. The molecule has 3 N–H and O–H groups in total. The average molecular weight is 282 g/mol. The number of nitrogens with one attached hydrogen (secondary N) is 1. The summed E-state index contributed by atoms with van der Waals surface area (Å²) in [6.45, 7) is 1.96. The number of carbonyl (C=O) groups excluding carboxylic acids is 2. The van der Waals surface area contributed by atoms with Gasteiger partial charge in [-0.2, -0.15) is 0 Å². The van der Waals surface area contributed by atoms with Gasteiger partial charge < -0.3 is 15.8 Å². The number of rotatable bonds is 3. The number of amides is 1. The molecule has 0 aliphatic carbocycles. The van der Waals surface area contributed by atoms with E-state index in [1.165, 1.54) is 0 Å². The largest absolute Gasteiger partial charge is 0.421 e. The molecule has 0 saturated heterocycles. The number of esters is 1. The van der Waals surface area contributed by atoms with Crippen molar-refractivity contribution in [1.82, 2.24) is 0 Å². The molecule has 0 radical (unpaired) electrons. The first kappa shape index (κ1) is 13.2. The van der Waals surface area contributed by atoms with Gasteiger partial charge >= 0.3 is 5.97 Å². The third kappa shape index (κ3) is 2.03. The minimum atomic E-state index is -1.66. The lowest BCUT2D eigenvalue weighted by molar-refractivity contribution is -0.134. The molecule has 1 aliphatic heterocycles. The minimum Gasteiger partial charge on any atom is -0.421 e. The van der Waals surface area contributed by atoms with Crippen molar-refractivity contribution >= 4 is 17.6 Å².